The van der Waals surface area contributed by atoms with Crippen LogP contribution in [0.15, 0.2) is 0 Å². The maximum Gasteiger partial charge on any atom is 0.123 e. The van der Waals surface area contributed by atoms with Crippen molar-refractivity contribution in [3.05, 3.63) is 0 Å². The second-order valence-corrected chi connectivity index (χ2v) is 7.33. The minimum absolute atomic E-state index is 0.354. The van der Waals surface area contributed by atoms with E-state index in [1.807, 2.05) is 0 Å². The van der Waals surface area contributed by atoms with Gasteiger partial charge < -0.3 is 4.79 Å². The fourth-order valence-corrected chi connectivity index (χ4v) is 4.22. The van der Waals surface area contributed by atoms with Gasteiger partial charge in [0.25, 0.3) is 0 Å². The Kier molecular flexibility index (Phi) is 6.81. The summed E-state index contributed by atoms with van der Waals surface area (Å²) in [6.45, 7) is 2.51. The molecule has 1 saturated carbocycles. The third-order valence-corrected chi connectivity index (χ3v) is 5.75. The molecule has 1 heterocycles. The molecule has 2 fully saturated rings. The van der Waals surface area contributed by atoms with Gasteiger partial charge in [-0.25, -0.2) is 0 Å². The summed E-state index contributed by atoms with van der Waals surface area (Å²) in [4.78, 5) is 11.0. The monoisotopic (exact) mass is 283 g/mol. The first-order chi connectivity index (χ1) is 9.29. The average Bonchev–Trinajstić information content (AvgIpc) is 2.45. The summed E-state index contributed by atoms with van der Waals surface area (Å²) < 4.78 is 2.39. The first kappa shape index (κ1) is 15.4. The molecule has 0 amide bonds. The van der Waals surface area contributed by atoms with E-state index in [9.17, 15) is 4.79 Å². The van der Waals surface area contributed by atoms with Crippen LogP contribution in [-0.4, -0.2) is 24.0 Å². The molecule has 3 unspecified atom stereocenters. The van der Waals surface area contributed by atoms with Crippen LogP contribution in [0.4, 0.5) is 0 Å². The van der Waals surface area contributed by atoms with E-state index in [4.69, 9.17) is 0 Å². The summed E-state index contributed by atoms with van der Waals surface area (Å²) in [5.41, 5.74) is 0. The molecule has 19 heavy (non-hydrogen) atoms. The molecule has 2 nitrogen and oxygen atoms in total. The molecular weight excluding hydrogens is 253 g/mol. The van der Waals surface area contributed by atoms with Crippen LogP contribution < -0.4 is 0 Å². The molecule has 0 aromatic heterocycles. The van der Waals surface area contributed by atoms with Crippen molar-refractivity contribution in [2.45, 2.75) is 64.2 Å². The summed E-state index contributed by atoms with van der Waals surface area (Å²) >= 11 is 0. The standard InChI is InChI=1S/C16H30NOP/c18-13-14-5-2-1-3-7-15(8-4-6-14)16-9-11-17(19)12-10-16/h13-16H,1-12,19H2. The van der Waals surface area contributed by atoms with Crippen LogP contribution in [0, 0.1) is 17.8 Å². The van der Waals surface area contributed by atoms with E-state index in [2.05, 4.69) is 14.1 Å². The van der Waals surface area contributed by atoms with Gasteiger partial charge in [-0.2, -0.15) is 0 Å². The molecule has 2 rings (SSSR count). The molecular formula is C16H30NOP. The second-order valence-electron chi connectivity index (χ2n) is 6.60. The minimum atomic E-state index is 0.354. The Bertz CT molecular complexity index is 263. The first-order valence-corrected chi connectivity index (χ1v) is 8.76. The summed E-state index contributed by atoms with van der Waals surface area (Å²) in [5.74, 6) is 2.24. The van der Waals surface area contributed by atoms with E-state index in [0.717, 1.165) is 24.7 Å². The lowest BCUT2D eigenvalue weighted by Gasteiger charge is -2.35. The third kappa shape index (κ3) is 5.16. The van der Waals surface area contributed by atoms with Gasteiger partial charge in [0, 0.05) is 19.0 Å². The third-order valence-electron chi connectivity index (χ3n) is 5.23. The molecule has 3 heteroatoms. The maximum atomic E-state index is 11.0. The van der Waals surface area contributed by atoms with Gasteiger partial charge >= 0.3 is 0 Å². The van der Waals surface area contributed by atoms with Crippen molar-refractivity contribution in [2.75, 3.05) is 13.1 Å². The Morgan fingerprint density at radius 2 is 1.37 bits per heavy atom. The van der Waals surface area contributed by atoms with E-state index in [-0.39, 0.29) is 0 Å². The fourth-order valence-electron chi connectivity index (χ4n) is 3.92. The van der Waals surface area contributed by atoms with Gasteiger partial charge in [0.2, 0.25) is 0 Å². The maximum absolute atomic E-state index is 11.0. The van der Waals surface area contributed by atoms with Gasteiger partial charge in [0.15, 0.2) is 0 Å². The molecule has 3 atom stereocenters. The predicted octanol–water partition coefficient (Wildman–Crippen LogP) is 4.05. The molecule has 2 aliphatic rings. The van der Waals surface area contributed by atoms with Gasteiger partial charge in [-0.15, -0.1) is 0 Å². The van der Waals surface area contributed by atoms with Crippen LogP contribution in [0.2, 0.25) is 0 Å². The number of hydrogen-bond acceptors (Lipinski definition) is 2. The number of nitrogens with zero attached hydrogens (tertiary/aromatic N) is 1. The van der Waals surface area contributed by atoms with Crippen LogP contribution in [0.3, 0.4) is 0 Å². The van der Waals surface area contributed by atoms with Gasteiger partial charge in [0.05, 0.1) is 0 Å². The largest absolute Gasteiger partial charge is 0.303 e. The van der Waals surface area contributed by atoms with Gasteiger partial charge in [-0.05, 0) is 37.5 Å². The highest BCUT2D eigenvalue weighted by atomic mass is 31.0. The van der Waals surface area contributed by atoms with Crippen molar-refractivity contribution in [1.29, 1.82) is 0 Å². The van der Waals surface area contributed by atoms with Crippen molar-refractivity contribution < 1.29 is 4.79 Å². The summed E-state index contributed by atoms with van der Waals surface area (Å²) in [5, 5.41) is 0. The molecule has 0 bridgehead atoms. The van der Waals surface area contributed by atoms with Crippen LogP contribution in [0.5, 0.6) is 0 Å². The lowest BCUT2D eigenvalue weighted by Crippen LogP contribution is -2.30. The van der Waals surface area contributed by atoms with E-state index in [1.165, 1.54) is 70.7 Å². The fraction of sp³-hybridized carbons (Fsp3) is 0.938. The minimum Gasteiger partial charge on any atom is -0.303 e. The van der Waals surface area contributed by atoms with Crippen LogP contribution in [0.1, 0.15) is 64.2 Å². The Hall–Kier alpha value is 0.0600. The van der Waals surface area contributed by atoms with Crippen molar-refractivity contribution in [3.63, 3.8) is 0 Å². The van der Waals surface area contributed by atoms with Crippen molar-refractivity contribution >= 4 is 15.7 Å². The molecule has 1 saturated heterocycles. The second kappa shape index (κ2) is 8.37. The quantitative estimate of drug-likeness (QED) is 0.563. The Morgan fingerprint density at radius 3 is 2.11 bits per heavy atom. The highest BCUT2D eigenvalue weighted by Crippen LogP contribution is 2.34. The summed E-state index contributed by atoms with van der Waals surface area (Å²) in [6, 6.07) is 0. The predicted molar refractivity (Wildman–Crippen MR) is 84.0 cm³/mol. The number of aldehydes is 1. The lowest BCUT2D eigenvalue weighted by molar-refractivity contribution is -0.111. The zero-order chi connectivity index (χ0) is 13.5. The normalized spacial score (nSPS) is 32.9. The Balaban J connectivity index is 1.83. The molecule has 110 valence electrons. The van der Waals surface area contributed by atoms with Gasteiger partial charge in [-0.3, -0.25) is 4.67 Å². The molecule has 0 radical (unpaired) electrons. The number of rotatable bonds is 2. The number of hydrogen-bond donors (Lipinski definition) is 0. The average molecular weight is 283 g/mol. The van der Waals surface area contributed by atoms with E-state index in [0.29, 0.717) is 5.92 Å². The highest BCUT2D eigenvalue weighted by Gasteiger charge is 2.25. The summed E-state index contributed by atoms with van der Waals surface area (Å²) in [7, 11) is 2.85. The molecule has 1 aliphatic heterocycles. The Labute approximate surface area is 121 Å². The molecule has 0 N–H and O–H groups in total. The van der Waals surface area contributed by atoms with Crippen molar-refractivity contribution in [2.24, 2.45) is 17.8 Å². The zero-order valence-corrected chi connectivity index (χ0v) is 13.4. The van der Waals surface area contributed by atoms with E-state index < -0.39 is 0 Å². The molecule has 0 aromatic rings. The van der Waals surface area contributed by atoms with Gasteiger partial charge in [-0.1, -0.05) is 47.9 Å². The Morgan fingerprint density at radius 1 is 0.789 bits per heavy atom. The number of carbonyl (C=O) groups is 1. The molecule has 0 spiro atoms. The topological polar surface area (TPSA) is 20.3 Å². The van der Waals surface area contributed by atoms with E-state index >= 15 is 0 Å². The highest BCUT2D eigenvalue weighted by molar-refractivity contribution is 7.13. The lowest BCUT2D eigenvalue weighted by atomic mass is 9.77. The SMILES string of the molecule is O=CC1CCCCCC(C2CCN(P)CC2)CCC1. The summed E-state index contributed by atoms with van der Waals surface area (Å²) in [6.07, 6.45) is 14.3. The number of carbonyl (C=O) groups excluding carboxylic acids is 1. The zero-order valence-electron chi connectivity index (χ0n) is 12.2. The van der Waals surface area contributed by atoms with E-state index in [1.54, 1.807) is 0 Å². The molecule has 1 aliphatic carbocycles. The van der Waals surface area contributed by atoms with Gasteiger partial charge in [0.1, 0.15) is 6.29 Å². The van der Waals surface area contributed by atoms with Crippen LogP contribution in [-0.2, 0) is 4.79 Å². The first-order valence-electron chi connectivity index (χ1n) is 8.24. The smallest absolute Gasteiger partial charge is 0.123 e. The van der Waals surface area contributed by atoms with Crippen molar-refractivity contribution in [1.82, 2.24) is 4.67 Å². The van der Waals surface area contributed by atoms with Crippen molar-refractivity contribution in [3.8, 4) is 0 Å². The molecule has 0 aromatic carbocycles. The van der Waals surface area contributed by atoms with Crippen LogP contribution in [0.25, 0.3) is 0 Å². The number of piperidine rings is 1. The van der Waals surface area contributed by atoms with Crippen LogP contribution >= 0.6 is 9.39 Å².